The lowest BCUT2D eigenvalue weighted by molar-refractivity contribution is 0.145. The van der Waals surface area contributed by atoms with Gasteiger partial charge in [-0.3, -0.25) is 9.40 Å². The van der Waals surface area contributed by atoms with Gasteiger partial charge in [0.1, 0.15) is 11.4 Å². The average molecular weight is 418 g/mol. The summed E-state index contributed by atoms with van der Waals surface area (Å²) in [7, 11) is -0.200. The highest BCUT2D eigenvalue weighted by Gasteiger charge is 2.23. The van der Waals surface area contributed by atoms with Crippen LogP contribution in [0.15, 0.2) is 24.7 Å². The molecule has 0 aliphatic carbocycles. The Morgan fingerprint density at radius 2 is 2.03 bits per heavy atom. The van der Waals surface area contributed by atoms with Crippen molar-refractivity contribution in [3.05, 3.63) is 35.9 Å². The van der Waals surface area contributed by atoms with E-state index < -0.39 is 10.0 Å². The Hall–Kier alpha value is -2.92. The molecule has 154 valence electrons. The predicted octanol–water partition coefficient (Wildman–Crippen LogP) is 1.16. The number of ether oxygens (including phenoxy) is 2. The van der Waals surface area contributed by atoms with Crippen molar-refractivity contribution >= 4 is 15.7 Å². The van der Waals surface area contributed by atoms with E-state index in [1.54, 1.807) is 23.1 Å². The number of aryl methyl sites for hydroxylation is 1. The number of sulfonamides is 1. The monoisotopic (exact) mass is 418 g/mol. The van der Waals surface area contributed by atoms with Gasteiger partial charge in [-0.1, -0.05) is 0 Å². The van der Waals surface area contributed by atoms with Crippen LogP contribution in [0, 0.1) is 0 Å². The molecule has 10 nitrogen and oxygen atoms in total. The summed E-state index contributed by atoms with van der Waals surface area (Å²) in [5.41, 5.74) is 4.66. The minimum atomic E-state index is -3.49. The Balaban J connectivity index is 1.87. The van der Waals surface area contributed by atoms with Gasteiger partial charge in [0.15, 0.2) is 0 Å². The van der Waals surface area contributed by atoms with Crippen molar-refractivity contribution < 1.29 is 17.9 Å². The Morgan fingerprint density at radius 1 is 1.24 bits per heavy atom. The topological polar surface area (TPSA) is 113 Å². The van der Waals surface area contributed by atoms with Crippen molar-refractivity contribution in [3.63, 3.8) is 0 Å². The fourth-order valence-electron chi connectivity index (χ4n) is 3.43. The molecule has 0 saturated carbocycles. The molecule has 1 aliphatic heterocycles. The van der Waals surface area contributed by atoms with E-state index in [4.69, 9.17) is 14.6 Å². The van der Waals surface area contributed by atoms with E-state index in [0.29, 0.717) is 25.2 Å². The molecule has 0 bridgehead atoms. The molecule has 0 radical (unpaired) electrons. The van der Waals surface area contributed by atoms with Gasteiger partial charge in [0.2, 0.25) is 15.9 Å². The summed E-state index contributed by atoms with van der Waals surface area (Å²) in [6, 6.07) is 1.69. The molecule has 3 aromatic heterocycles. The number of rotatable bonds is 5. The lowest BCUT2D eigenvalue weighted by Gasteiger charge is -2.10. The maximum atomic E-state index is 11.7. The molecule has 4 rings (SSSR count). The second-order valence-corrected chi connectivity index (χ2v) is 8.57. The van der Waals surface area contributed by atoms with Crippen molar-refractivity contribution in [1.29, 1.82) is 0 Å². The zero-order valence-corrected chi connectivity index (χ0v) is 17.2. The Morgan fingerprint density at radius 3 is 2.72 bits per heavy atom. The van der Waals surface area contributed by atoms with Gasteiger partial charge in [-0.2, -0.15) is 10.2 Å². The fraction of sp³-hybridized carbons (Fsp3) is 0.389. The smallest absolute Gasteiger partial charge is 0.238 e. The molecule has 0 atom stereocenters. The third-order valence-corrected chi connectivity index (χ3v) is 5.21. The third kappa shape index (κ3) is 3.96. The molecule has 0 unspecified atom stereocenters. The first-order chi connectivity index (χ1) is 13.9. The number of nitrogens with one attached hydrogen (secondary N) is 1. The van der Waals surface area contributed by atoms with E-state index in [1.165, 1.54) is 7.11 Å². The van der Waals surface area contributed by atoms with Gasteiger partial charge in [0.05, 0.1) is 50.4 Å². The minimum absolute atomic E-state index is 0.195. The third-order valence-electron chi connectivity index (χ3n) is 4.62. The maximum Gasteiger partial charge on any atom is 0.238 e. The van der Waals surface area contributed by atoms with E-state index in [-0.39, 0.29) is 11.6 Å². The van der Waals surface area contributed by atoms with Crippen LogP contribution in [0.5, 0.6) is 5.88 Å². The minimum Gasteiger partial charge on any atom is -0.480 e. The molecule has 0 saturated heterocycles. The molecule has 1 N–H and O–H groups in total. The van der Waals surface area contributed by atoms with Crippen LogP contribution in [-0.2, 0) is 34.6 Å². The average Bonchev–Trinajstić information content (AvgIpc) is 3.15. The van der Waals surface area contributed by atoms with Crippen LogP contribution in [0.25, 0.3) is 16.9 Å². The zero-order chi connectivity index (χ0) is 20.6. The molecule has 0 spiro atoms. The quantitative estimate of drug-likeness (QED) is 0.661. The number of methoxy groups -OCH3 is 1. The summed E-state index contributed by atoms with van der Waals surface area (Å²) in [6.07, 6.45) is 7.78. The fourth-order valence-corrected chi connectivity index (χ4v) is 3.98. The summed E-state index contributed by atoms with van der Waals surface area (Å²) < 4.78 is 40.4. The SMILES string of the molecule is COc1ncc(-c2nn(-c3cnn(C)c3)c3c2CCOCC3)cc1NS(C)(=O)=O. The van der Waals surface area contributed by atoms with Gasteiger partial charge < -0.3 is 9.47 Å². The van der Waals surface area contributed by atoms with Gasteiger partial charge >= 0.3 is 0 Å². The first-order valence-corrected chi connectivity index (χ1v) is 10.9. The molecular weight excluding hydrogens is 396 g/mol. The molecule has 3 aromatic rings. The number of pyridine rings is 1. The van der Waals surface area contributed by atoms with Crippen LogP contribution >= 0.6 is 0 Å². The first-order valence-electron chi connectivity index (χ1n) is 9.05. The van der Waals surface area contributed by atoms with Gasteiger partial charge in [0, 0.05) is 30.8 Å². The summed E-state index contributed by atoms with van der Waals surface area (Å²) in [5.74, 6) is 0.195. The zero-order valence-electron chi connectivity index (χ0n) is 16.4. The van der Waals surface area contributed by atoms with E-state index in [2.05, 4.69) is 14.8 Å². The number of nitrogens with zero attached hydrogens (tertiary/aromatic N) is 5. The van der Waals surface area contributed by atoms with E-state index in [9.17, 15) is 8.42 Å². The number of aromatic nitrogens is 5. The van der Waals surface area contributed by atoms with Crippen LogP contribution in [0.1, 0.15) is 11.3 Å². The molecule has 0 fully saturated rings. The van der Waals surface area contributed by atoms with E-state index in [0.717, 1.165) is 35.3 Å². The van der Waals surface area contributed by atoms with Gasteiger partial charge in [-0.15, -0.1) is 0 Å². The molecule has 0 aromatic carbocycles. The summed E-state index contributed by atoms with van der Waals surface area (Å²) in [5, 5.41) is 9.07. The van der Waals surface area contributed by atoms with Crippen molar-refractivity contribution in [3.8, 4) is 22.8 Å². The van der Waals surface area contributed by atoms with Crippen molar-refractivity contribution in [2.24, 2.45) is 7.05 Å². The second kappa shape index (κ2) is 7.48. The first kappa shape index (κ1) is 19.4. The number of fused-ring (bicyclic) bond motifs is 1. The number of hydrogen-bond acceptors (Lipinski definition) is 7. The van der Waals surface area contributed by atoms with Crippen molar-refractivity contribution in [1.82, 2.24) is 24.5 Å². The normalized spacial score (nSPS) is 14.3. The largest absolute Gasteiger partial charge is 0.480 e. The summed E-state index contributed by atoms with van der Waals surface area (Å²) in [4.78, 5) is 4.27. The molecule has 0 amide bonds. The Kier molecular flexibility index (Phi) is 5.01. The van der Waals surface area contributed by atoms with E-state index >= 15 is 0 Å². The molecule has 4 heterocycles. The number of hydrogen-bond donors (Lipinski definition) is 1. The van der Waals surface area contributed by atoms with Crippen molar-refractivity contribution in [2.75, 3.05) is 31.3 Å². The van der Waals surface area contributed by atoms with Gasteiger partial charge in [0.25, 0.3) is 0 Å². The Bertz CT molecular complexity index is 1150. The molecular formula is C18H22N6O4S. The summed E-state index contributed by atoms with van der Waals surface area (Å²) in [6.45, 7) is 1.21. The highest BCUT2D eigenvalue weighted by molar-refractivity contribution is 7.92. The van der Waals surface area contributed by atoms with Gasteiger partial charge in [-0.25, -0.2) is 18.1 Å². The van der Waals surface area contributed by atoms with Gasteiger partial charge in [-0.05, 0) is 12.5 Å². The van der Waals surface area contributed by atoms with Crippen LogP contribution < -0.4 is 9.46 Å². The molecule has 1 aliphatic rings. The standard InChI is InChI=1S/C18H22N6O4S/c1-23-11-13(10-20-23)24-16-5-7-28-6-4-14(16)17(21-24)12-8-15(22-29(3,25)26)18(27-2)19-9-12/h8-11,22H,4-7H2,1-3H3. The Labute approximate surface area is 168 Å². The highest BCUT2D eigenvalue weighted by atomic mass is 32.2. The number of anilines is 1. The van der Waals surface area contributed by atoms with Crippen LogP contribution in [0.4, 0.5) is 5.69 Å². The summed E-state index contributed by atoms with van der Waals surface area (Å²) >= 11 is 0. The predicted molar refractivity (Wildman–Crippen MR) is 107 cm³/mol. The second-order valence-electron chi connectivity index (χ2n) is 6.83. The lowest BCUT2D eigenvalue weighted by atomic mass is 10.0. The highest BCUT2D eigenvalue weighted by Crippen LogP contribution is 2.33. The van der Waals surface area contributed by atoms with Crippen molar-refractivity contribution in [2.45, 2.75) is 12.8 Å². The van der Waals surface area contributed by atoms with Crippen LogP contribution in [-0.4, -0.2) is 59.5 Å². The maximum absolute atomic E-state index is 11.7. The van der Waals surface area contributed by atoms with Crippen LogP contribution in [0.2, 0.25) is 0 Å². The van der Waals surface area contributed by atoms with E-state index in [1.807, 2.05) is 17.9 Å². The molecule has 29 heavy (non-hydrogen) atoms. The van der Waals surface area contributed by atoms with Crippen LogP contribution in [0.3, 0.4) is 0 Å². The molecule has 11 heteroatoms. The lowest BCUT2D eigenvalue weighted by Crippen LogP contribution is -2.11.